The molecule has 2 atom stereocenters. The molecule has 0 aromatic heterocycles. The lowest BCUT2D eigenvalue weighted by Gasteiger charge is -2.23. The Kier molecular flexibility index (Phi) is 7.39. The van der Waals surface area contributed by atoms with Gasteiger partial charge in [-0.25, -0.2) is 0 Å². The van der Waals surface area contributed by atoms with Gasteiger partial charge in [-0.2, -0.15) is 0 Å². The van der Waals surface area contributed by atoms with Crippen molar-refractivity contribution < 1.29 is 19.2 Å². The molecule has 1 unspecified atom stereocenters. The standard InChI is InChI=1S/C16H25N3O3/c1-5-17-15(20)11-19(6-2)12(3)16(21)18-13-8-7-9-14(10-13)22-4/h7-10,12H,5-6,11H2,1-4H3,(H,17,20)(H,18,21)/p+1/t12-/m0/s1. The fraction of sp³-hybridized carbons (Fsp3) is 0.500. The summed E-state index contributed by atoms with van der Waals surface area (Å²) in [6.45, 7) is 7.25. The fourth-order valence-corrected chi connectivity index (χ4v) is 2.19. The number of carbonyl (C=O) groups excluding carboxylic acids is 2. The second-order valence-corrected chi connectivity index (χ2v) is 5.08. The highest BCUT2D eigenvalue weighted by molar-refractivity contribution is 5.93. The van der Waals surface area contributed by atoms with Crippen LogP contribution in [0.15, 0.2) is 24.3 Å². The molecule has 1 rings (SSSR count). The molecule has 0 aliphatic carbocycles. The lowest BCUT2D eigenvalue weighted by atomic mass is 10.2. The molecule has 3 N–H and O–H groups in total. The van der Waals surface area contributed by atoms with Crippen molar-refractivity contribution in [1.82, 2.24) is 5.32 Å². The van der Waals surface area contributed by atoms with E-state index in [1.54, 1.807) is 13.2 Å². The van der Waals surface area contributed by atoms with E-state index < -0.39 is 0 Å². The maximum Gasteiger partial charge on any atom is 0.282 e. The van der Waals surface area contributed by atoms with Crippen molar-refractivity contribution in [3.05, 3.63) is 24.3 Å². The summed E-state index contributed by atoms with van der Waals surface area (Å²) in [5, 5.41) is 5.63. The third kappa shape index (κ3) is 5.37. The monoisotopic (exact) mass is 308 g/mol. The van der Waals surface area contributed by atoms with E-state index in [0.29, 0.717) is 24.5 Å². The van der Waals surface area contributed by atoms with Crippen LogP contribution in [0.1, 0.15) is 20.8 Å². The topological polar surface area (TPSA) is 71.9 Å². The Labute approximate surface area is 131 Å². The number of nitrogens with one attached hydrogen (secondary N) is 3. The molecule has 0 bridgehead atoms. The van der Waals surface area contributed by atoms with Gasteiger partial charge in [0.1, 0.15) is 5.75 Å². The van der Waals surface area contributed by atoms with Gasteiger partial charge in [0.2, 0.25) is 0 Å². The van der Waals surface area contributed by atoms with Gasteiger partial charge in [-0.05, 0) is 32.9 Å². The summed E-state index contributed by atoms with van der Waals surface area (Å²) in [7, 11) is 1.58. The molecule has 1 aromatic carbocycles. The second kappa shape index (κ2) is 9.04. The van der Waals surface area contributed by atoms with Gasteiger partial charge in [0.25, 0.3) is 11.8 Å². The number of quaternary nitrogens is 1. The molecule has 1 aromatic rings. The molecule has 0 spiro atoms. The van der Waals surface area contributed by atoms with Crippen molar-refractivity contribution in [2.75, 3.05) is 32.1 Å². The zero-order chi connectivity index (χ0) is 16.5. The van der Waals surface area contributed by atoms with Gasteiger partial charge < -0.3 is 20.3 Å². The van der Waals surface area contributed by atoms with Crippen LogP contribution in [-0.4, -0.2) is 44.6 Å². The first kappa shape index (κ1) is 18.0. The smallest absolute Gasteiger partial charge is 0.282 e. The Morgan fingerprint density at radius 2 is 2.05 bits per heavy atom. The number of rotatable bonds is 8. The second-order valence-electron chi connectivity index (χ2n) is 5.08. The molecule has 6 nitrogen and oxygen atoms in total. The Balaban J connectivity index is 2.67. The maximum atomic E-state index is 12.3. The minimum Gasteiger partial charge on any atom is -0.497 e. The highest BCUT2D eigenvalue weighted by Crippen LogP contribution is 2.16. The lowest BCUT2D eigenvalue weighted by Crippen LogP contribution is -3.17. The molecule has 2 amide bonds. The van der Waals surface area contributed by atoms with Crippen LogP contribution in [0.5, 0.6) is 5.75 Å². The third-order valence-corrected chi connectivity index (χ3v) is 3.56. The number of hydrogen-bond donors (Lipinski definition) is 3. The van der Waals surface area contributed by atoms with Crippen molar-refractivity contribution in [1.29, 1.82) is 0 Å². The molecule has 122 valence electrons. The highest BCUT2D eigenvalue weighted by atomic mass is 16.5. The Morgan fingerprint density at radius 1 is 1.32 bits per heavy atom. The average molecular weight is 308 g/mol. The zero-order valence-electron chi connectivity index (χ0n) is 13.7. The van der Waals surface area contributed by atoms with E-state index in [-0.39, 0.29) is 24.4 Å². The van der Waals surface area contributed by atoms with Crippen molar-refractivity contribution >= 4 is 17.5 Å². The van der Waals surface area contributed by atoms with Crippen LogP contribution in [0, 0.1) is 0 Å². The van der Waals surface area contributed by atoms with Crippen LogP contribution in [0.4, 0.5) is 5.69 Å². The van der Waals surface area contributed by atoms with Crippen LogP contribution in [0.2, 0.25) is 0 Å². The predicted octanol–water partition coefficient (Wildman–Crippen LogP) is 0.0631. The van der Waals surface area contributed by atoms with Crippen LogP contribution >= 0.6 is 0 Å². The number of methoxy groups -OCH3 is 1. The average Bonchev–Trinajstić information content (AvgIpc) is 2.52. The van der Waals surface area contributed by atoms with E-state index in [0.717, 1.165) is 4.90 Å². The summed E-state index contributed by atoms with van der Waals surface area (Å²) < 4.78 is 5.14. The molecule has 0 heterocycles. The van der Waals surface area contributed by atoms with Gasteiger partial charge in [-0.3, -0.25) is 9.59 Å². The first-order chi connectivity index (χ1) is 10.5. The predicted molar refractivity (Wildman–Crippen MR) is 86.1 cm³/mol. The summed E-state index contributed by atoms with van der Waals surface area (Å²) in [5.74, 6) is 0.530. The number of likely N-dealkylation sites (N-methyl/N-ethyl adjacent to an activating group) is 2. The minimum absolute atomic E-state index is 0.0413. The summed E-state index contributed by atoms with van der Waals surface area (Å²) >= 11 is 0. The van der Waals surface area contributed by atoms with E-state index in [1.165, 1.54) is 0 Å². The summed E-state index contributed by atoms with van der Waals surface area (Å²) in [6, 6.07) is 6.89. The van der Waals surface area contributed by atoms with E-state index in [2.05, 4.69) is 10.6 Å². The molecule has 0 aliphatic rings. The fourth-order valence-electron chi connectivity index (χ4n) is 2.19. The molecule has 0 aliphatic heterocycles. The van der Waals surface area contributed by atoms with Gasteiger partial charge in [0.05, 0.1) is 13.7 Å². The van der Waals surface area contributed by atoms with Crippen molar-refractivity contribution in [2.45, 2.75) is 26.8 Å². The van der Waals surface area contributed by atoms with Crippen LogP contribution < -0.4 is 20.3 Å². The number of hydrogen-bond acceptors (Lipinski definition) is 3. The quantitative estimate of drug-likeness (QED) is 0.636. The largest absolute Gasteiger partial charge is 0.497 e. The Bertz CT molecular complexity index is 505. The molecule has 22 heavy (non-hydrogen) atoms. The zero-order valence-corrected chi connectivity index (χ0v) is 13.7. The molecule has 0 fully saturated rings. The van der Waals surface area contributed by atoms with E-state index in [9.17, 15) is 9.59 Å². The van der Waals surface area contributed by atoms with Gasteiger partial charge in [-0.1, -0.05) is 6.07 Å². The van der Waals surface area contributed by atoms with Crippen molar-refractivity contribution in [2.24, 2.45) is 0 Å². The summed E-state index contributed by atoms with van der Waals surface area (Å²) in [6.07, 6.45) is 0. The van der Waals surface area contributed by atoms with Gasteiger partial charge in [0, 0.05) is 18.3 Å². The van der Waals surface area contributed by atoms with Crippen LogP contribution in [0.3, 0.4) is 0 Å². The SMILES string of the molecule is CCNC(=O)C[NH+](CC)[C@@H](C)C(=O)Nc1cccc(OC)c1. The molecular weight excluding hydrogens is 282 g/mol. The number of carbonyl (C=O) groups is 2. The molecule has 0 saturated heterocycles. The van der Waals surface area contributed by atoms with E-state index >= 15 is 0 Å². The van der Waals surface area contributed by atoms with Crippen LogP contribution in [0.25, 0.3) is 0 Å². The third-order valence-electron chi connectivity index (χ3n) is 3.56. The number of anilines is 1. The normalized spacial score (nSPS) is 13.1. The lowest BCUT2D eigenvalue weighted by molar-refractivity contribution is -0.904. The molecular formula is C16H26N3O3+. The number of benzene rings is 1. The Hall–Kier alpha value is -2.08. The molecule has 0 saturated carbocycles. The first-order valence-electron chi connectivity index (χ1n) is 7.58. The molecule has 0 radical (unpaired) electrons. The maximum absolute atomic E-state index is 12.3. The summed E-state index contributed by atoms with van der Waals surface area (Å²) in [5.41, 5.74) is 0.685. The summed E-state index contributed by atoms with van der Waals surface area (Å²) in [4.78, 5) is 25.0. The Morgan fingerprint density at radius 3 is 2.64 bits per heavy atom. The van der Waals surface area contributed by atoms with Crippen LogP contribution in [-0.2, 0) is 9.59 Å². The minimum atomic E-state index is -0.321. The van der Waals surface area contributed by atoms with E-state index in [1.807, 2.05) is 39.0 Å². The van der Waals surface area contributed by atoms with E-state index in [4.69, 9.17) is 4.74 Å². The number of amides is 2. The first-order valence-corrected chi connectivity index (χ1v) is 7.58. The highest BCUT2D eigenvalue weighted by Gasteiger charge is 2.25. The van der Waals surface area contributed by atoms with Crippen molar-refractivity contribution in [3.63, 3.8) is 0 Å². The molecule has 6 heteroatoms. The van der Waals surface area contributed by atoms with Gasteiger partial charge >= 0.3 is 0 Å². The van der Waals surface area contributed by atoms with Gasteiger partial charge in [0.15, 0.2) is 12.6 Å². The number of ether oxygens (including phenoxy) is 1. The van der Waals surface area contributed by atoms with Gasteiger partial charge in [-0.15, -0.1) is 0 Å². The van der Waals surface area contributed by atoms with Crippen molar-refractivity contribution in [3.8, 4) is 5.75 Å².